The number of thiazole rings is 1. The van der Waals surface area contributed by atoms with E-state index in [2.05, 4.69) is 31.1 Å². The molecule has 3 heterocycles. The van der Waals surface area contributed by atoms with Crippen LogP contribution in [0.3, 0.4) is 0 Å². The van der Waals surface area contributed by atoms with Crippen LogP contribution in [0.15, 0.2) is 41.1 Å². The summed E-state index contributed by atoms with van der Waals surface area (Å²) in [4.78, 5) is 32.6. The second kappa shape index (κ2) is 7.72. The largest absolute Gasteiger partial charge is 0.333 e. The van der Waals surface area contributed by atoms with Crippen LogP contribution in [0, 0.1) is 0 Å². The maximum absolute atomic E-state index is 13.0. The number of hydrogen-bond donors (Lipinski definition) is 1. The van der Waals surface area contributed by atoms with Gasteiger partial charge in [-0.2, -0.15) is 11.3 Å². The molecule has 0 unspecified atom stereocenters. The summed E-state index contributed by atoms with van der Waals surface area (Å²) in [7, 11) is 0. The SMILES string of the molecule is CC(C)(C)c1ccc(C(=O)N2CCc3nc(NC(=O)c4ccsc4)sc3C2)cc1. The topological polar surface area (TPSA) is 62.3 Å². The number of carbonyl (C=O) groups is 2. The van der Waals surface area contributed by atoms with Gasteiger partial charge in [-0.15, -0.1) is 0 Å². The van der Waals surface area contributed by atoms with E-state index in [-0.39, 0.29) is 17.2 Å². The van der Waals surface area contributed by atoms with Crippen LogP contribution in [-0.4, -0.2) is 28.2 Å². The summed E-state index contributed by atoms with van der Waals surface area (Å²) in [6.45, 7) is 7.65. The molecule has 0 aliphatic carbocycles. The highest BCUT2D eigenvalue weighted by molar-refractivity contribution is 7.16. The molecule has 7 heteroatoms. The van der Waals surface area contributed by atoms with Crippen LogP contribution in [0.5, 0.6) is 0 Å². The molecule has 150 valence electrons. The van der Waals surface area contributed by atoms with E-state index in [1.807, 2.05) is 39.9 Å². The molecule has 3 aromatic rings. The van der Waals surface area contributed by atoms with Gasteiger partial charge in [0.2, 0.25) is 0 Å². The van der Waals surface area contributed by atoms with Crippen molar-refractivity contribution in [3.05, 3.63) is 68.4 Å². The minimum Gasteiger partial charge on any atom is -0.333 e. The van der Waals surface area contributed by atoms with Crippen molar-refractivity contribution < 1.29 is 9.59 Å². The Labute approximate surface area is 178 Å². The Balaban J connectivity index is 1.45. The van der Waals surface area contributed by atoms with Gasteiger partial charge in [0.15, 0.2) is 5.13 Å². The molecule has 0 fully saturated rings. The third kappa shape index (κ3) is 4.26. The first-order valence-corrected chi connectivity index (χ1v) is 11.3. The molecule has 1 N–H and O–H groups in total. The molecule has 0 spiro atoms. The summed E-state index contributed by atoms with van der Waals surface area (Å²) in [5.41, 5.74) is 3.59. The second-order valence-electron chi connectivity index (χ2n) is 8.16. The van der Waals surface area contributed by atoms with Crippen molar-refractivity contribution >= 4 is 39.6 Å². The maximum atomic E-state index is 13.0. The molecule has 1 aliphatic rings. The van der Waals surface area contributed by atoms with Gasteiger partial charge in [-0.1, -0.05) is 44.2 Å². The third-order valence-corrected chi connectivity index (χ3v) is 6.70. The Kier molecular flexibility index (Phi) is 5.27. The van der Waals surface area contributed by atoms with Crippen LogP contribution in [-0.2, 0) is 18.4 Å². The predicted molar refractivity (Wildman–Crippen MR) is 118 cm³/mol. The van der Waals surface area contributed by atoms with Crippen LogP contribution in [0.4, 0.5) is 5.13 Å². The van der Waals surface area contributed by atoms with E-state index in [0.29, 0.717) is 35.8 Å². The quantitative estimate of drug-likeness (QED) is 0.646. The molecule has 0 bridgehead atoms. The zero-order valence-electron chi connectivity index (χ0n) is 16.7. The van der Waals surface area contributed by atoms with Crippen LogP contribution in [0.25, 0.3) is 0 Å². The van der Waals surface area contributed by atoms with Crippen molar-refractivity contribution in [3.63, 3.8) is 0 Å². The number of fused-ring (bicyclic) bond motifs is 1. The van der Waals surface area contributed by atoms with Crippen LogP contribution in [0.1, 0.15) is 57.6 Å². The maximum Gasteiger partial charge on any atom is 0.258 e. The van der Waals surface area contributed by atoms with E-state index in [0.717, 1.165) is 10.6 Å². The van der Waals surface area contributed by atoms with Crippen LogP contribution in [0.2, 0.25) is 0 Å². The highest BCUT2D eigenvalue weighted by atomic mass is 32.1. The van der Waals surface area contributed by atoms with Crippen molar-refractivity contribution in [2.24, 2.45) is 0 Å². The summed E-state index contributed by atoms with van der Waals surface area (Å²) in [6, 6.07) is 9.69. The van der Waals surface area contributed by atoms with Gasteiger partial charge < -0.3 is 4.90 Å². The standard InChI is InChI=1S/C22H23N3O2S2/c1-22(2,3)16-6-4-14(5-7-16)20(27)25-10-8-17-18(12-25)29-21(23-17)24-19(26)15-9-11-28-13-15/h4-7,9,11,13H,8,10,12H2,1-3H3,(H,23,24,26). The summed E-state index contributed by atoms with van der Waals surface area (Å²) < 4.78 is 0. The lowest BCUT2D eigenvalue weighted by Crippen LogP contribution is -2.35. The lowest BCUT2D eigenvalue weighted by atomic mass is 9.86. The summed E-state index contributed by atoms with van der Waals surface area (Å²) in [6.07, 6.45) is 0.700. The number of nitrogens with one attached hydrogen (secondary N) is 1. The molecule has 0 saturated heterocycles. The Morgan fingerprint density at radius 1 is 1.10 bits per heavy atom. The summed E-state index contributed by atoms with van der Waals surface area (Å²) >= 11 is 2.94. The molecule has 1 aromatic carbocycles. The molecular formula is C22H23N3O2S2. The minimum atomic E-state index is -0.149. The van der Waals surface area contributed by atoms with Gasteiger partial charge >= 0.3 is 0 Å². The number of carbonyl (C=O) groups excluding carboxylic acids is 2. The van der Waals surface area contributed by atoms with E-state index >= 15 is 0 Å². The van der Waals surface area contributed by atoms with Gasteiger partial charge in [0.05, 0.1) is 17.8 Å². The third-order valence-electron chi connectivity index (χ3n) is 5.02. The van der Waals surface area contributed by atoms with E-state index in [4.69, 9.17) is 0 Å². The molecular weight excluding hydrogens is 402 g/mol. The van der Waals surface area contributed by atoms with Gasteiger partial charge in [-0.25, -0.2) is 4.98 Å². The fraction of sp³-hybridized carbons (Fsp3) is 0.318. The molecule has 2 aromatic heterocycles. The lowest BCUT2D eigenvalue weighted by molar-refractivity contribution is 0.0736. The number of benzene rings is 1. The Morgan fingerprint density at radius 2 is 1.86 bits per heavy atom. The zero-order chi connectivity index (χ0) is 20.6. The number of rotatable bonds is 3. The average Bonchev–Trinajstić information content (AvgIpc) is 3.35. The predicted octanol–water partition coefficient (Wildman–Crippen LogP) is 4.95. The molecule has 5 nitrogen and oxygen atoms in total. The van der Waals surface area contributed by atoms with Crippen LogP contribution >= 0.6 is 22.7 Å². The molecule has 4 rings (SSSR count). The zero-order valence-corrected chi connectivity index (χ0v) is 18.3. The normalized spacial score (nSPS) is 13.8. The first-order valence-electron chi connectivity index (χ1n) is 9.53. The molecule has 0 radical (unpaired) electrons. The second-order valence-corrected chi connectivity index (χ2v) is 10.0. The molecule has 0 saturated carbocycles. The van der Waals surface area contributed by atoms with E-state index in [9.17, 15) is 9.59 Å². The van der Waals surface area contributed by atoms with Crippen molar-refractivity contribution in [3.8, 4) is 0 Å². The number of aromatic nitrogens is 1. The number of thiophene rings is 1. The van der Waals surface area contributed by atoms with E-state index in [1.165, 1.54) is 28.2 Å². The molecule has 1 aliphatic heterocycles. The van der Waals surface area contributed by atoms with Crippen molar-refractivity contribution in [2.45, 2.75) is 39.2 Å². The molecule has 29 heavy (non-hydrogen) atoms. The van der Waals surface area contributed by atoms with Gasteiger partial charge in [-0.3, -0.25) is 14.9 Å². The Hall–Kier alpha value is -2.51. The average molecular weight is 426 g/mol. The smallest absolute Gasteiger partial charge is 0.258 e. The molecule has 0 atom stereocenters. The Morgan fingerprint density at radius 3 is 2.52 bits per heavy atom. The van der Waals surface area contributed by atoms with Gasteiger partial charge in [0, 0.05) is 28.8 Å². The highest BCUT2D eigenvalue weighted by Gasteiger charge is 2.26. The lowest BCUT2D eigenvalue weighted by Gasteiger charge is -2.26. The first-order chi connectivity index (χ1) is 13.8. The first kappa shape index (κ1) is 19.8. The fourth-order valence-corrected chi connectivity index (χ4v) is 4.94. The van der Waals surface area contributed by atoms with Crippen molar-refractivity contribution in [1.29, 1.82) is 0 Å². The highest BCUT2D eigenvalue weighted by Crippen LogP contribution is 2.30. The van der Waals surface area contributed by atoms with Crippen LogP contribution < -0.4 is 5.32 Å². The van der Waals surface area contributed by atoms with Gasteiger partial charge in [0.1, 0.15) is 0 Å². The summed E-state index contributed by atoms with van der Waals surface area (Å²) in [5.74, 6) is -0.113. The van der Waals surface area contributed by atoms with E-state index in [1.54, 1.807) is 6.07 Å². The van der Waals surface area contributed by atoms with Crippen molar-refractivity contribution in [1.82, 2.24) is 9.88 Å². The number of nitrogens with zero attached hydrogens (tertiary/aromatic N) is 2. The van der Waals surface area contributed by atoms with Gasteiger partial charge in [-0.05, 0) is 34.6 Å². The number of hydrogen-bond acceptors (Lipinski definition) is 5. The Bertz CT molecular complexity index is 1030. The molecule has 2 amide bonds. The number of anilines is 1. The fourth-order valence-electron chi connectivity index (χ4n) is 3.28. The minimum absolute atomic E-state index is 0.0355. The monoisotopic (exact) mass is 425 g/mol. The van der Waals surface area contributed by atoms with E-state index < -0.39 is 0 Å². The van der Waals surface area contributed by atoms with Gasteiger partial charge in [0.25, 0.3) is 11.8 Å². The van der Waals surface area contributed by atoms with Crippen molar-refractivity contribution in [2.75, 3.05) is 11.9 Å². The number of amides is 2. The summed E-state index contributed by atoms with van der Waals surface area (Å²) in [5, 5.41) is 7.15.